The fraction of sp³-hybridized carbons (Fsp3) is 0.583. The summed E-state index contributed by atoms with van der Waals surface area (Å²) in [7, 11) is 0. The van der Waals surface area contributed by atoms with Crippen LogP contribution < -0.4 is 0 Å². The van der Waals surface area contributed by atoms with Crippen LogP contribution in [0.15, 0.2) is 25.3 Å². The van der Waals surface area contributed by atoms with Gasteiger partial charge in [-0.15, -0.1) is 6.58 Å². The average molecular weight is 194 g/mol. The third kappa shape index (κ3) is 2.72. The van der Waals surface area contributed by atoms with Gasteiger partial charge in [0.2, 0.25) is 0 Å². The zero-order valence-corrected chi connectivity index (χ0v) is 8.63. The first-order valence-electron chi connectivity index (χ1n) is 5.19. The molecule has 0 aromatic carbocycles. The van der Waals surface area contributed by atoms with Crippen molar-refractivity contribution in [2.45, 2.75) is 44.1 Å². The van der Waals surface area contributed by atoms with E-state index in [9.17, 15) is 4.79 Å². The third-order valence-corrected chi connectivity index (χ3v) is 2.76. The molecule has 0 radical (unpaired) electrons. The summed E-state index contributed by atoms with van der Waals surface area (Å²) >= 11 is 0. The van der Waals surface area contributed by atoms with Crippen molar-refractivity contribution in [3.8, 4) is 0 Å². The van der Waals surface area contributed by atoms with Crippen molar-refractivity contribution in [3.05, 3.63) is 25.3 Å². The molecule has 1 fully saturated rings. The van der Waals surface area contributed by atoms with Gasteiger partial charge in [0.05, 0.1) is 0 Å². The lowest BCUT2D eigenvalue weighted by Crippen LogP contribution is -2.36. The van der Waals surface area contributed by atoms with Crippen LogP contribution in [0.4, 0.5) is 0 Å². The van der Waals surface area contributed by atoms with E-state index in [1.165, 1.54) is 12.5 Å². The number of ether oxygens (including phenoxy) is 1. The molecule has 0 aromatic rings. The fourth-order valence-electron chi connectivity index (χ4n) is 2.06. The summed E-state index contributed by atoms with van der Waals surface area (Å²) in [6.07, 6.45) is 9.26. The van der Waals surface area contributed by atoms with Gasteiger partial charge in [0.1, 0.15) is 5.60 Å². The molecule has 0 aliphatic heterocycles. The molecular formula is C12H18O2. The molecule has 0 heterocycles. The first-order chi connectivity index (χ1) is 6.72. The second kappa shape index (κ2) is 4.99. The summed E-state index contributed by atoms with van der Waals surface area (Å²) < 4.78 is 5.44. The van der Waals surface area contributed by atoms with Gasteiger partial charge in [-0.25, -0.2) is 4.79 Å². The molecule has 0 unspecified atom stereocenters. The molecule has 0 spiro atoms. The van der Waals surface area contributed by atoms with Crippen molar-refractivity contribution in [2.24, 2.45) is 0 Å². The van der Waals surface area contributed by atoms with Crippen molar-refractivity contribution >= 4 is 5.97 Å². The Hall–Kier alpha value is -1.05. The summed E-state index contributed by atoms with van der Waals surface area (Å²) in [6, 6.07) is 0. The molecule has 0 atom stereocenters. The van der Waals surface area contributed by atoms with Crippen molar-refractivity contribution in [1.29, 1.82) is 0 Å². The molecule has 0 N–H and O–H groups in total. The first kappa shape index (κ1) is 11.0. The number of hydrogen-bond donors (Lipinski definition) is 0. The predicted octanol–water partition coefficient (Wildman–Crippen LogP) is 2.99. The van der Waals surface area contributed by atoms with E-state index in [1.807, 2.05) is 6.08 Å². The van der Waals surface area contributed by atoms with E-state index in [-0.39, 0.29) is 11.6 Å². The lowest BCUT2D eigenvalue weighted by Gasteiger charge is -2.35. The SMILES string of the molecule is C=CCC1(OC(=O)C=C)CCCCC1. The van der Waals surface area contributed by atoms with Crippen LogP contribution in [0.2, 0.25) is 0 Å². The molecule has 0 aromatic heterocycles. The Kier molecular flexibility index (Phi) is 3.93. The van der Waals surface area contributed by atoms with Crippen molar-refractivity contribution < 1.29 is 9.53 Å². The molecule has 14 heavy (non-hydrogen) atoms. The number of carbonyl (C=O) groups is 1. The molecule has 1 aliphatic rings. The van der Waals surface area contributed by atoms with Crippen LogP contribution in [-0.2, 0) is 9.53 Å². The number of esters is 1. The lowest BCUT2D eigenvalue weighted by molar-refractivity contribution is -0.156. The molecule has 2 nitrogen and oxygen atoms in total. The Balaban J connectivity index is 2.63. The van der Waals surface area contributed by atoms with Crippen LogP contribution in [0, 0.1) is 0 Å². The van der Waals surface area contributed by atoms with Gasteiger partial charge < -0.3 is 4.74 Å². The monoisotopic (exact) mass is 194 g/mol. The van der Waals surface area contributed by atoms with E-state index in [0.717, 1.165) is 32.1 Å². The predicted molar refractivity (Wildman–Crippen MR) is 56.9 cm³/mol. The maximum atomic E-state index is 11.2. The standard InChI is InChI=1S/C12H18O2/c1-3-8-12(14-11(13)4-2)9-6-5-7-10-12/h3-4H,1-2,5-10H2. The number of rotatable bonds is 4. The Morgan fingerprint density at radius 1 is 1.29 bits per heavy atom. The summed E-state index contributed by atoms with van der Waals surface area (Å²) in [5.74, 6) is -0.311. The number of carbonyl (C=O) groups excluding carboxylic acids is 1. The zero-order valence-electron chi connectivity index (χ0n) is 8.63. The maximum absolute atomic E-state index is 11.2. The largest absolute Gasteiger partial charge is 0.456 e. The Morgan fingerprint density at radius 3 is 2.43 bits per heavy atom. The third-order valence-electron chi connectivity index (χ3n) is 2.76. The van der Waals surface area contributed by atoms with Gasteiger partial charge in [-0.05, 0) is 25.7 Å². The van der Waals surface area contributed by atoms with Gasteiger partial charge in [0.15, 0.2) is 0 Å². The molecule has 0 saturated heterocycles. The van der Waals surface area contributed by atoms with E-state index >= 15 is 0 Å². The molecule has 1 aliphatic carbocycles. The van der Waals surface area contributed by atoms with Crippen LogP contribution in [0.5, 0.6) is 0 Å². The van der Waals surface area contributed by atoms with Gasteiger partial charge in [-0.1, -0.05) is 19.1 Å². The topological polar surface area (TPSA) is 26.3 Å². The highest BCUT2D eigenvalue weighted by Crippen LogP contribution is 2.34. The van der Waals surface area contributed by atoms with Gasteiger partial charge in [0.25, 0.3) is 0 Å². The second-order valence-corrected chi connectivity index (χ2v) is 3.86. The van der Waals surface area contributed by atoms with Crippen LogP contribution in [-0.4, -0.2) is 11.6 Å². The summed E-state index contributed by atoms with van der Waals surface area (Å²) in [5, 5.41) is 0. The normalized spacial score (nSPS) is 19.7. The molecular weight excluding hydrogens is 176 g/mol. The van der Waals surface area contributed by atoms with Crippen LogP contribution in [0.1, 0.15) is 38.5 Å². The Bertz CT molecular complexity index is 224. The molecule has 0 amide bonds. The van der Waals surface area contributed by atoms with Crippen LogP contribution >= 0.6 is 0 Å². The zero-order chi connectivity index (χ0) is 10.4. The van der Waals surface area contributed by atoms with E-state index in [4.69, 9.17) is 4.74 Å². The van der Waals surface area contributed by atoms with E-state index < -0.39 is 0 Å². The molecule has 78 valence electrons. The van der Waals surface area contributed by atoms with Crippen LogP contribution in [0.25, 0.3) is 0 Å². The summed E-state index contributed by atoms with van der Waals surface area (Å²) in [4.78, 5) is 11.2. The minimum Gasteiger partial charge on any atom is -0.456 e. The highest BCUT2D eigenvalue weighted by atomic mass is 16.6. The summed E-state index contributed by atoms with van der Waals surface area (Å²) in [5.41, 5.74) is -0.286. The van der Waals surface area contributed by atoms with Gasteiger partial charge in [0, 0.05) is 12.5 Å². The Morgan fingerprint density at radius 2 is 1.93 bits per heavy atom. The Labute approximate surface area is 85.6 Å². The minimum atomic E-state index is -0.311. The highest BCUT2D eigenvalue weighted by molar-refractivity contribution is 5.81. The van der Waals surface area contributed by atoms with Crippen molar-refractivity contribution in [1.82, 2.24) is 0 Å². The van der Waals surface area contributed by atoms with Gasteiger partial charge in [-0.3, -0.25) is 0 Å². The minimum absolute atomic E-state index is 0.286. The lowest BCUT2D eigenvalue weighted by atomic mass is 9.82. The molecule has 0 bridgehead atoms. The van der Waals surface area contributed by atoms with Crippen molar-refractivity contribution in [3.63, 3.8) is 0 Å². The number of hydrogen-bond acceptors (Lipinski definition) is 2. The maximum Gasteiger partial charge on any atom is 0.330 e. The average Bonchev–Trinajstić information content (AvgIpc) is 2.19. The molecule has 2 heteroatoms. The van der Waals surface area contributed by atoms with E-state index in [2.05, 4.69) is 13.2 Å². The van der Waals surface area contributed by atoms with E-state index in [0.29, 0.717) is 0 Å². The smallest absolute Gasteiger partial charge is 0.330 e. The van der Waals surface area contributed by atoms with Gasteiger partial charge >= 0.3 is 5.97 Å². The quantitative estimate of drug-likeness (QED) is 0.390. The van der Waals surface area contributed by atoms with Crippen LogP contribution in [0.3, 0.4) is 0 Å². The fourth-order valence-corrected chi connectivity index (χ4v) is 2.06. The highest BCUT2D eigenvalue weighted by Gasteiger charge is 2.33. The van der Waals surface area contributed by atoms with Gasteiger partial charge in [-0.2, -0.15) is 0 Å². The summed E-state index contributed by atoms with van der Waals surface area (Å²) in [6.45, 7) is 7.13. The second-order valence-electron chi connectivity index (χ2n) is 3.86. The molecule has 1 rings (SSSR count). The van der Waals surface area contributed by atoms with Crippen molar-refractivity contribution in [2.75, 3.05) is 0 Å². The van der Waals surface area contributed by atoms with E-state index in [1.54, 1.807) is 0 Å². The molecule has 1 saturated carbocycles. The first-order valence-corrected chi connectivity index (χ1v) is 5.19.